The first-order chi connectivity index (χ1) is 6.75. The number of aryl methyl sites for hydroxylation is 1. The number of nitrogens with one attached hydrogen (secondary N) is 1. The molecule has 0 aliphatic heterocycles. The van der Waals surface area contributed by atoms with Gasteiger partial charge >= 0.3 is 0 Å². The third kappa shape index (κ3) is 2.56. The summed E-state index contributed by atoms with van der Waals surface area (Å²) < 4.78 is 1.83. The van der Waals surface area contributed by atoms with Crippen molar-refractivity contribution in [2.24, 2.45) is 0 Å². The molecule has 1 aliphatic carbocycles. The zero-order valence-electron chi connectivity index (χ0n) is 8.48. The minimum Gasteiger partial charge on any atom is -0.390 e. The van der Waals surface area contributed by atoms with E-state index in [2.05, 4.69) is 10.4 Å². The van der Waals surface area contributed by atoms with Crippen LogP contribution in [0.3, 0.4) is 0 Å². The summed E-state index contributed by atoms with van der Waals surface area (Å²) in [7, 11) is 0. The lowest BCUT2D eigenvalue weighted by atomic mass is 10.3. The molecule has 1 aromatic rings. The molecule has 1 saturated carbocycles. The van der Waals surface area contributed by atoms with Crippen LogP contribution in [0.25, 0.3) is 0 Å². The van der Waals surface area contributed by atoms with Gasteiger partial charge in [-0.25, -0.2) is 0 Å². The van der Waals surface area contributed by atoms with E-state index < -0.39 is 0 Å². The van der Waals surface area contributed by atoms with E-state index in [1.54, 1.807) is 6.20 Å². The highest BCUT2D eigenvalue weighted by atomic mass is 16.3. The fourth-order valence-corrected chi connectivity index (χ4v) is 1.44. The molecule has 0 saturated heterocycles. The summed E-state index contributed by atoms with van der Waals surface area (Å²) in [6.07, 6.45) is 3.94. The standard InChI is InChI=1S/C10H17N3O/c1-8-4-5-12-13(8)7-10(14)6-11-9-2-3-9/h4-5,9-11,14H,2-3,6-7H2,1H3. The lowest BCUT2D eigenvalue weighted by Gasteiger charge is -2.12. The maximum absolute atomic E-state index is 9.70. The second-order valence-corrected chi connectivity index (χ2v) is 3.99. The van der Waals surface area contributed by atoms with Crippen LogP contribution in [0.4, 0.5) is 0 Å². The molecule has 0 amide bonds. The van der Waals surface area contributed by atoms with Crippen molar-refractivity contribution in [3.63, 3.8) is 0 Å². The van der Waals surface area contributed by atoms with Gasteiger partial charge < -0.3 is 10.4 Å². The Morgan fingerprint density at radius 3 is 3.07 bits per heavy atom. The first-order valence-corrected chi connectivity index (χ1v) is 5.15. The van der Waals surface area contributed by atoms with Crippen LogP contribution in [0, 0.1) is 6.92 Å². The molecule has 2 N–H and O–H groups in total. The predicted octanol–water partition coefficient (Wildman–Crippen LogP) is 0.304. The number of aromatic nitrogens is 2. The van der Waals surface area contributed by atoms with Crippen LogP contribution >= 0.6 is 0 Å². The largest absolute Gasteiger partial charge is 0.390 e. The molecule has 1 atom stereocenters. The lowest BCUT2D eigenvalue weighted by Crippen LogP contribution is -2.32. The highest BCUT2D eigenvalue weighted by Crippen LogP contribution is 2.18. The van der Waals surface area contributed by atoms with Crippen molar-refractivity contribution in [1.29, 1.82) is 0 Å². The average Bonchev–Trinajstić information content (AvgIpc) is 2.90. The molecule has 4 nitrogen and oxygen atoms in total. The van der Waals surface area contributed by atoms with E-state index in [4.69, 9.17) is 0 Å². The van der Waals surface area contributed by atoms with Crippen LogP contribution in [0.15, 0.2) is 12.3 Å². The predicted molar refractivity (Wildman–Crippen MR) is 54.0 cm³/mol. The van der Waals surface area contributed by atoms with E-state index in [9.17, 15) is 5.11 Å². The summed E-state index contributed by atoms with van der Waals surface area (Å²) in [5.41, 5.74) is 1.09. The number of aliphatic hydroxyl groups excluding tert-OH is 1. The van der Waals surface area contributed by atoms with E-state index in [-0.39, 0.29) is 6.10 Å². The van der Waals surface area contributed by atoms with Crippen molar-refractivity contribution in [1.82, 2.24) is 15.1 Å². The number of nitrogens with zero attached hydrogens (tertiary/aromatic N) is 2. The van der Waals surface area contributed by atoms with E-state index >= 15 is 0 Å². The van der Waals surface area contributed by atoms with Gasteiger partial charge in [-0.1, -0.05) is 0 Å². The molecule has 0 bridgehead atoms. The van der Waals surface area contributed by atoms with E-state index in [1.807, 2.05) is 17.7 Å². The molecule has 78 valence electrons. The average molecular weight is 195 g/mol. The summed E-state index contributed by atoms with van der Waals surface area (Å²) in [4.78, 5) is 0. The van der Waals surface area contributed by atoms with Crippen LogP contribution in [0.5, 0.6) is 0 Å². The van der Waals surface area contributed by atoms with Gasteiger partial charge in [-0.2, -0.15) is 5.10 Å². The summed E-state index contributed by atoms with van der Waals surface area (Å²) in [6, 6.07) is 2.60. The number of rotatable bonds is 5. The second kappa shape index (κ2) is 4.11. The Balaban J connectivity index is 1.75. The smallest absolute Gasteiger partial charge is 0.0860 e. The molecule has 1 unspecified atom stereocenters. The Morgan fingerprint density at radius 2 is 2.50 bits per heavy atom. The Labute approximate surface area is 83.9 Å². The van der Waals surface area contributed by atoms with Crippen LogP contribution in [-0.2, 0) is 6.54 Å². The van der Waals surface area contributed by atoms with Gasteiger partial charge in [0.1, 0.15) is 0 Å². The molecule has 2 rings (SSSR count). The Morgan fingerprint density at radius 1 is 1.71 bits per heavy atom. The van der Waals surface area contributed by atoms with E-state index in [0.717, 1.165) is 5.69 Å². The molecule has 1 aliphatic rings. The van der Waals surface area contributed by atoms with Gasteiger partial charge in [0.15, 0.2) is 0 Å². The fourth-order valence-electron chi connectivity index (χ4n) is 1.44. The van der Waals surface area contributed by atoms with E-state index in [0.29, 0.717) is 19.1 Å². The Bertz CT molecular complexity index is 293. The monoisotopic (exact) mass is 195 g/mol. The van der Waals surface area contributed by atoms with Gasteiger partial charge in [0.05, 0.1) is 12.6 Å². The summed E-state index contributed by atoms with van der Waals surface area (Å²) in [5.74, 6) is 0. The van der Waals surface area contributed by atoms with Crippen LogP contribution < -0.4 is 5.32 Å². The quantitative estimate of drug-likeness (QED) is 0.710. The maximum atomic E-state index is 9.70. The van der Waals surface area contributed by atoms with Gasteiger partial charge in [0.25, 0.3) is 0 Å². The van der Waals surface area contributed by atoms with Crippen molar-refractivity contribution < 1.29 is 5.11 Å². The molecule has 0 radical (unpaired) electrons. The van der Waals surface area contributed by atoms with Crippen molar-refractivity contribution in [3.05, 3.63) is 18.0 Å². The van der Waals surface area contributed by atoms with Crippen LogP contribution in [0.2, 0.25) is 0 Å². The highest BCUT2D eigenvalue weighted by molar-refractivity contribution is 4.96. The van der Waals surface area contributed by atoms with Crippen molar-refractivity contribution >= 4 is 0 Å². The molecular formula is C10H17N3O. The van der Waals surface area contributed by atoms with Crippen LogP contribution in [0.1, 0.15) is 18.5 Å². The summed E-state index contributed by atoms with van der Waals surface area (Å²) in [5, 5.41) is 17.1. The minimum absolute atomic E-state index is 0.339. The zero-order chi connectivity index (χ0) is 9.97. The second-order valence-electron chi connectivity index (χ2n) is 3.99. The molecule has 1 heterocycles. The molecule has 0 spiro atoms. The van der Waals surface area contributed by atoms with Gasteiger partial charge in [0.2, 0.25) is 0 Å². The van der Waals surface area contributed by atoms with Crippen molar-refractivity contribution in [2.45, 2.75) is 38.5 Å². The molecule has 1 aromatic heterocycles. The van der Waals surface area contributed by atoms with Gasteiger partial charge in [-0.3, -0.25) is 4.68 Å². The first kappa shape index (κ1) is 9.68. The molecule has 14 heavy (non-hydrogen) atoms. The Hall–Kier alpha value is -0.870. The van der Waals surface area contributed by atoms with Crippen molar-refractivity contribution in [2.75, 3.05) is 6.54 Å². The zero-order valence-corrected chi connectivity index (χ0v) is 8.48. The molecule has 1 fully saturated rings. The Kier molecular flexibility index (Phi) is 2.84. The fraction of sp³-hybridized carbons (Fsp3) is 0.700. The van der Waals surface area contributed by atoms with Gasteiger partial charge in [-0.15, -0.1) is 0 Å². The molecule has 0 aromatic carbocycles. The lowest BCUT2D eigenvalue weighted by molar-refractivity contribution is 0.145. The number of hydrogen-bond donors (Lipinski definition) is 2. The maximum Gasteiger partial charge on any atom is 0.0860 e. The van der Waals surface area contributed by atoms with Gasteiger partial charge in [0, 0.05) is 24.5 Å². The third-order valence-electron chi connectivity index (χ3n) is 2.53. The number of aliphatic hydroxyl groups is 1. The molecule has 4 heteroatoms. The van der Waals surface area contributed by atoms with Gasteiger partial charge in [-0.05, 0) is 25.8 Å². The topological polar surface area (TPSA) is 50.1 Å². The van der Waals surface area contributed by atoms with Crippen LogP contribution in [-0.4, -0.2) is 33.6 Å². The summed E-state index contributed by atoms with van der Waals surface area (Å²) >= 11 is 0. The third-order valence-corrected chi connectivity index (χ3v) is 2.53. The SMILES string of the molecule is Cc1ccnn1CC(O)CNC1CC1. The normalized spacial score (nSPS) is 18.4. The van der Waals surface area contributed by atoms with E-state index in [1.165, 1.54) is 12.8 Å². The first-order valence-electron chi connectivity index (χ1n) is 5.15. The number of hydrogen-bond acceptors (Lipinski definition) is 3. The highest BCUT2D eigenvalue weighted by Gasteiger charge is 2.21. The minimum atomic E-state index is -0.339. The molecular weight excluding hydrogens is 178 g/mol. The van der Waals surface area contributed by atoms with Crippen molar-refractivity contribution in [3.8, 4) is 0 Å². The summed E-state index contributed by atoms with van der Waals surface area (Å²) in [6.45, 7) is 3.25.